The highest BCUT2D eigenvalue weighted by Crippen LogP contribution is 2.32. The van der Waals surface area contributed by atoms with Crippen molar-refractivity contribution in [3.63, 3.8) is 0 Å². The van der Waals surface area contributed by atoms with E-state index in [2.05, 4.69) is 6.58 Å². The van der Waals surface area contributed by atoms with E-state index in [1.807, 2.05) is 0 Å². The van der Waals surface area contributed by atoms with Crippen LogP contribution < -0.4 is 9.47 Å². The maximum absolute atomic E-state index is 10.4. The van der Waals surface area contributed by atoms with Gasteiger partial charge in [0.2, 0.25) is 6.29 Å². The van der Waals surface area contributed by atoms with E-state index in [9.17, 15) is 35.7 Å². The van der Waals surface area contributed by atoms with Gasteiger partial charge < -0.3 is 59.4 Å². The molecule has 0 saturated carbocycles. The van der Waals surface area contributed by atoms with E-state index in [0.717, 1.165) is 5.56 Å². The molecule has 2 heterocycles. The van der Waals surface area contributed by atoms with E-state index >= 15 is 0 Å². The lowest BCUT2D eigenvalue weighted by atomic mass is 9.98. The largest absolute Gasteiger partial charge is 0.493 e. The van der Waals surface area contributed by atoms with Crippen molar-refractivity contribution in [2.45, 2.75) is 67.8 Å². The minimum atomic E-state index is -1.66. The zero-order valence-electron chi connectivity index (χ0n) is 18.6. The number of allylic oxidation sites excluding steroid dienone is 1. The van der Waals surface area contributed by atoms with Crippen molar-refractivity contribution in [3.8, 4) is 11.5 Å². The fourth-order valence-corrected chi connectivity index (χ4v) is 3.77. The van der Waals surface area contributed by atoms with Crippen LogP contribution in [-0.2, 0) is 20.6 Å². The number of aliphatic hydroxyl groups is 7. The third kappa shape index (κ3) is 5.69. The van der Waals surface area contributed by atoms with Crippen molar-refractivity contribution < 1.29 is 59.4 Å². The molecule has 0 aromatic heterocycles. The number of ether oxygens (including phenoxy) is 5. The molecule has 3 rings (SSSR count). The van der Waals surface area contributed by atoms with Gasteiger partial charge in [-0.2, -0.15) is 0 Å². The van der Waals surface area contributed by atoms with Crippen LogP contribution in [0.4, 0.5) is 0 Å². The fourth-order valence-electron chi connectivity index (χ4n) is 3.77. The van der Waals surface area contributed by atoms with Gasteiger partial charge in [0.15, 0.2) is 17.8 Å². The van der Waals surface area contributed by atoms with Crippen molar-refractivity contribution in [1.82, 2.24) is 0 Å². The maximum Gasteiger partial charge on any atom is 0.229 e. The Morgan fingerprint density at radius 1 is 0.853 bits per heavy atom. The Balaban J connectivity index is 1.68. The molecule has 12 nitrogen and oxygen atoms in total. The Bertz CT molecular complexity index is 804. The molecule has 0 spiro atoms. The van der Waals surface area contributed by atoms with Crippen molar-refractivity contribution in [2.75, 3.05) is 20.3 Å². The molecule has 34 heavy (non-hydrogen) atoms. The van der Waals surface area contributed by atoms with Gasteiger partial charge in [-0.3, -0.25) is 0 Å². The first-order chi connectivity index (χ1) is 16.2. The highest BCUT2D eigenvalue weighted by molar-refractivity contribution is 5.43. The first-order valence-electron chi connectivity index (χ1n) is 10.8. The lowest BCUT2D eigenvalue weighted by molar-refractivity contribution is -0.323. The molecule has 1 aromatic rings. The van der Waals surface area contributed by atoms with Crippen molar-refractivity contribution >= 4 is 0 Å². The monoisotopic (exact) mass is 488 g/mol. The van der Waals surface area contributed by atoms with Gasteiger partial charge in [0, 0.05) is 0 Å². The maximum atomic E-state index is 10.4. The lowest BCUT2D eigenvalue weighted by Gasteiger charge is -2.42. The van der Waals surface area contributed by atoms with Gasteiger partial charge in [-0.05, 0) is 24.1 Å². The average molecular weight is 488 g/mol. The number of benzene rings is 1. The quantitative estimate of drug-likeness (QED) is 0.180. The first-order valence-corrected chi connectivity index (χ1v) is 10.8. The zero-order valence-corrected chi connectivity index (χ0v) is 18.6. The van der Waals surface area contributed by atoms with Crippen LogP contribution in [0.3, 0.4) is 0 Å². The number of rotatable bonds is 9. The highest BCUT2D eigenvalue weighted by atomic mass is 16.7. The van der Waals surface area contributed by atoms with Gasteiger partial charge >= 0.3 is 0 Å². The minimum absolute atomic E-state index is 0.219. The molecular weight excluding hydrogens is 456 g/mol. The average Bonchev–Trinajstić information content (AvgIpc) is 2.84. The second-order valence-electron chi connectivity index (χ2n) is 8.14. The number of methoxy groups -OCH3 is 1. The molecule has 0 aliphatic carbocycles. The van der Waals surface area contributed by atoms with Gasteiger partial charge in [0.1, 0.15) is 48.8 Å². The zero-order chi connectivity index (χ0) is 25.0. The molecule has 2 fully saturated rings. The van der Waals surface area contributed by atoms with Gasteiger partial charge in [-0.15, -0.1) is 6.58 Å². The summed E-state index contributed by atoms with van der Waals surface area (Å²) in [6.07, 6.45) is -12.7. The Kier molecular flexibility index (Phi) is 9.23. The molecule has 0 amide bonds. The van der Waals surface area contributed by atoms with Crippen LogP contribution >= 0.6 is 0 Å². The summed E-state index contributed by atoms with van der Waals surface area (Å²) in [4.78, 5) is 0. The topological polar surface area (TPSA) is 188 Å². The molecule has 0 radical (unpaired) electrons. The molecular formula is C22H32O12. The Morgan fingerprint density at radius 2 is 1.47 bits per heavy atom. The Morgan fingerprint density at radius 3 is 2.09 bits per heavy atom. The van der Waals surface area contributed by atoms with Gasteiger partial charge in [-0.25, -0.2) is 0 Å². The van der Waals surface area contributed by atoms with Crippen LogP contribution in [0.2, 0.25) is 0 Å². The van der Waals surface area contributed by atoms with Crippen molar-refractivity contribution in [2.24, 2.45) is 0 Å². The molecule has 10 atom stereocenters. The lowest BCUT2D eigenvalue weighted by Crippen LogP contribution is -2.62. The van der Waals surface area contributed by atoms with Crippen LogP contribution in [0.5, 0.6) is 11.5 Å². The highest BCUT2D eigenvalue weighted by Gasteiger charge is 2.48. The number of hydrogen-bond acceptors (Lipinski definition) is 12. The molecule has 2 aliphatic heterocycles. The molecule has 12 heteroatoms. The van der Waals surface area contributed by atoms with Crippen molar-refractivity contribution in [3.05, 3.63) is 36.4 Å². The van der Waals surface area contributed by atoms with Crippen LogP contribution in [-0.4, -0.2) is 117 Å². The Labute approximate surface area is 196 Å². The minimum Gasteiger partial charge on any atom is -0.493 e. The first kappa shape index (κ1) is 26.8. The van der Waals surface area contributed by atoms with Crippen molar-refractivity contribution in [1.29, 1.82) is 0 Å². The van der Waals surface area contributed by atoms with Crippen LogP contribution in [0, 0.1) is 0 Å². The summed E-state index contributed by atoms with van der Waals surface area (Å²) in [7, 11) is 1.44. The SMILES string of the molecule is C=CCc1ccc(O[C@@H]2OC(CO[C@@H]3OC(CO)[C@@H](O)[C@H](O)C3O)[C@@H](O)[C@H](O)C2O)c(OC)c1. The summed E-state index contributed by atoms with van der Waals surface area (Å²) < 4.78 is 27.3. The molecule has 2 aliphatic rings. The van der Waals surface area contributed by atoms with E-state index in [0.29, 0.717) is 12.2 Å². The van der Waals surface area contributed by atoms with Gasteiger partial charge in [0.25, 0.3) is 0 Å². The van der Waals surface area contributed by atoms with Crippen LogP contribution in [0.1, 0.15) is 5.56 Å². The number of aliphatic hydroxyl groups excluding tert-OH is 7. The van der Waals surface area contributed by atoms with E-state index < -0.39 is 74.6 Å². The normalized spacial score (nSPS) is 38.4. The molecule has 0 bridgehead atoms. The smallest absolute Gasteiger partial charge is 0.229 e. The summed E-state index contributed by atoms with van der Waals surface area (Å²) in [5.41, 5.74) is 0.908. The van der Waals surface area contributed by atoms with Gasteiger partial charge in [0.05, 0.1) is 20.3 Å². The summed E-state index contributed by atoms with van der Waals surface area (Å²) >= 11 is 0. The second-order valence-corrected chi connectivity index (χ2v) is 8.14. The molecule has 192 valence electrons. The Hall–Kier alpha value is -1.84. The molecule has 7 N–H and O–H groups in total. The fraction of sp³-hybridized carbons (Fsp3) is 0.636. The summed E-state index contributed by atoms with van der Waals surface area (Å²) in [5, 5.41) is 70.1. The van der Waals surface area contributed by atoms with E-state index in [-0.39, 0.29) is 5.75 Å². The third-order valence-electron chi connectivity index (χ3n) is 5.79. The third-order valence-corrected chi connectivity index (χ3v) is 5.79. The van der Waals surface area contributed by atoms with E-state index in [1.54, 1.807) is 24.3 Å². The molecule has 1 aromatic carbocycles. The van der Waals surface area contributed by atoms with Gasteiger partial charge in [-0.1, -0.05) is 12.1 Å². The van der Waals surface area contributed by atoms with Crippen LogP contribution in [0.25, 0.3) is 0 Å². The van der Waals surface area contributed by atoms with E-state index in [4.69, 9.17) is 23.7 Å². The van der Waals surface area contributed by atoms with E-state index in [1.165, 1.54) is 7.11 Å². The summed E-state index contributed by atoms with van der Waals surface area (Å²) in [6.45, 7) is 2.59. The van der Waals surface area contributed by atoms with Crippen LogP contribution in [0.15, 0.2) is 30.9 Å². The molecule has 4 unspecified atom stereocenters. The number of hydrogen-bond donors (Lipinski definition) is 7. The predicted molar refractivity (Wildman–Crippen MR) is 114 cm³/mol. The summed E-state index contributed by atoms with van der Waals surface area (Å²) in [6, 6.07) is 5.08. The predicted octanol–water partition coefficient (Wildman–Crippen LogP) is -2.57. The standard InChI is InChI=1S/C22H32O12/c1-3-4-10-5-6-11(12(7-10)30-2)32-22-20(29)18(27)16(25)14(34-22)9-31-21-19(28)17(26)15(24)13(8-23)33-21/h3,5-7,13-29H,1,4,8-9H2,2H3/t13?,14?,15-,16-,17+,18+,19?,20?,21-,22-/m1/s1. The molecule has 2 saturated heterocycles. The second kappa shape index (κ2) is 11.7. The summed E-state index contributed by atoms with van der Waals surface area (Å²) in [5.74, 6) is 0.571.